The maximum Gasteiger partial charge on any atom is 0.471 e. The van der Waals surface area contributed by atoms with E-state index in [9.17, 15) is 18.0 Å². The number of halogens is 3. The fourth-order valence-electron chi connectivity index (χ4n) is 2.49. The van der Waals surface area contributed by atoms with E-state index in [2.05, 4.69) is 20.4 Å². The lowest BCUT2D eigenvalue weighted by Gasteiger charge is -2.28. The highest BCUT2D eigenvalue weighted by molar-refractivity contribution is 7.13. The van der Waals surface area contributed by atoms with E-state index in [1.54, 1.807) is 6.07 Å². The molecule has 0 bridgehead atoms. The lowest BCUT2D eigenvalue weighted by atomic mass is 10.0. The van der Waals surface area contributed by atoms with E-state index < -0.39 is 12.1 Å². The summed E-state index contributed by atoms with van der Waals surface area (Å²) < 4.78 is 37.8. The van der Waals surface area contributed by atoms with Crippen LogP contribution in [-0.4, -0.2) is 35.9 Å². The number of carbonyl (C=O) groups is 1. The number of aromatic nitrogens is 2. The van der Waals surface area contributed by atoms with Gasteiger partial charge in [0, 0.05) is 19.3 Å². The van der Waals surface area contributed by atoms with Crippen molar-refractivity contribution in [3.05, 3.63) is 23.2 Å². The highest BCUT2D eigenvalue weighted by Gasteiger charge is 2.39. The Morgan fingerprint density at radius 1 is 1.36 bits per heavy atom. The zero-order valence-electron chi connectivity index (χ0n) is 13.0. The first-order valence-corrected chi connectivity index (χ1v) is 8.16. The van der Waals surface area contributed by atoms with Gasteiger partial charge in [0.05, 0.1) is 5.69 Å². The highest BCUT2D eigenvalue weighted by atomic mass is 32.1. The number of aryl methyl sites for hydroxylation is 1. The molecule has 1 amide bonds. The molecule has 1 N–H and O–H groups in total. The predicted octanol–water partition coefficient (Wildman–Crippen LogP) is 3.84. The van der Waals surface area contributed by atoms with Gasteiger partial charge in [0.2, 0.25) is 0 Å². The Hall–Kier alpha value is -2.56. The number of anilines is 2. The summed E-state index contributed by atoms with van der Waals surface area (Å²) in [5, 5.41) is 17.2. The van der Waals surface area contributed by atoms with Crippen molar-refractivity contribution in [3.8, 4) is 0 Å². The Kier molecular flexibility index (Phi) is 4.66. The molecule has 0 radical (unpaired) electrons. The summed E-state index contributed by atoms with van der Waals surface area (Å²) in [4.78, 5) is 13.3. The second-order valence-electron chi connectivity index (χ2n) is 5.40. The van der Waals surface area contributed by atoms with Gasteiger partial charge in [-0.3, -0.25) is 4.79 Å². The number of rotatable bonds is 3. The van der Waals surface area contributed by atoms with Crippen molar-refractivity contribution < 1.29 is 18.0 Å². The second kappa shape index (κ2) is 6.75. The van der Waals surface area contributed by atoms with Gasteiger partial charge in [0.15, 0.2) is 0 Å². The molecule has 2 aromatic rings. The first kappa shape index (κ1) is 17.3. The Bertz CT molecular complexity index is 806. The Morgan fingerprint density at radius 2 is 2.16 bits per heavy atom. The van der Waals surface area contributed by atoms with E-state index in [0.717, 1.165) is 42.0 Å². The number of alkyl halides is 3. The van der Waals surface area contributed by atoms with Crippen LogP contribution in [0.1, 0.15) is 12.0 Å². The molecular weight excluding hydrogens is 357 g/mol. The van der Waals surface area contributed by atoms with E-state index in [-0.39, 0.29) is 16.5 Å². The quantitative estimate of drug-likeness (QED) is 0.832. The van der Waals surface area contributed by atoms with Crippen LogP contribution in [0.4, 0.5) is 35.4 Å². The molecule has 132 valence electrons. The minimum Gasteiger partial charge on any atom is -0.374 e. The van der Waals surface area contributed by atoms with Gasteiger partial charge in [0.25, 0.3) is 5.13 Å². The van der Waals surface area contributed by atoms with Crippen LogP contribution in [0.15, 0.2) is 27.9 Å². The van der Waals surface area contributed by atoms with Crippen molar-refractivity contribution in [3.63, 3.8) is 0 Å². The van der Waals surface area contributed by atoms with E-state index in [0.29, 0.717) is 0 Å². The van der Waals surface area contributed by atoms with Crippen molar-refractivity contribution in [2.24, 2.45) is 10.2 Å². The van der Waals surface area contributed by atoms with E-state index >= 15 is 0 Å². The summed E-state index contributed by atoms with van der Waals surface area (Å²) in [6, 6.07) is 3.13. The van der Waals surface area contributed by atoms with Crippen molar-refractivity contribution in [1.82, 2.24) is 10.2 Å². The fraction of sp³-hybridized carbons (Fsp3) is 0.357. The summed E-state index contributed by atoms with van der Waals surface area (Å²) in [6.07, 6.45) is -3.30. The maximum absolute atomic E-state index is 12.6. The van der Waals surface area contributed by atoms with E-state index in [4.69, 9.17) is 0 Å². The van der Waals surface area contributed by atoms with E-state index in [1.807, 2.05) is 17.3 Å². The molecule has 0 unspecified atom stereocenters. The van der Waals surface area contributed by atoms with Gasteiger partial charge in [0.1, 0.15) is 11.2 Å². The molecule has 0 spiro atoms. The van der Waals surface area contributed by atoms with Crippen LogP contribution >= 0.6 is 11.3 Å². The average Bonchev–Trinajstić information content (AvgIpc) is 3.06. The fourth-order valence-corrected chi connectivity index (χ4v) is 2.86. The number of benzene rings is 1. The molecule has 1 aliphatic rings. The van der Waals surface area contributed by atoms with Crippen LogP contribution in [0.25, 0.3) is 0 Å². The largest absolute Gasteiger partial charge is 0.471 e. The Labute approximate surface area is 144 Å². The van der Waals surface area contributed by atoms with Crippen LogP contribution in [0.2, 0.25) is 0 Å². The van der Waals surface area contributed by atoms with Crippen LogP contribution in [0, 0.1) is 0 Å². The highest BCUT2D eigenvalue weighted by Crippen LogP contribution is 2.37. The molecule has 2 heterocycles. The molecule has 25 heavy (non-hydrogen) atoms. The summed E-state index contributed by atoms with van der Waals surface area (Å²) in [5.41, 5.74) is 3.25. The molecular formula is C14H13F3N6OS. The molecule has 11 heteroatoms. The molecule has 7 nitrogen and oxygen atoms in total. The van der Waals surface area contributed by atoms with Gasteiger partial charge in [-0.15, -0.1) is 20.4 Å². The number of azo groups is 1. The summed E-state index contributed by atoms with van der Waals surface area (Å²) >= 11 is 1.14. The molecule has 0 saturated carbocycles. The number of carbonyl (C=O) groups excluding carboxylic acids is 1. The van der Waals surface area contributed by atoms with Gasteiger partial charge < -0.3 is 10.2 Å². The smallest absolute Gasteiger partial charge is 0.374 e. The number of hydrogen-bond acceptors (Lipinski definition) is 7. The van der Waals surface area contributed by atoms with Crippen molar-refractivity contribution in [2.75, 3.05) is 23.8 Å². The maximum atomic E-state index is 12.6. The molecule has 0 saturated heterocycles. The number of fused-ring (bicyclic) bond motifs is 1. The number of nitrogens with zero attached hydrogens (tertiary/aromatic N) is 5. The normalized spacial score (nSPS) is 14.6. The number of nitrogens with one attached hydrogen (secondary N) is 1. The molecule has 0 fully saturated rings. The minimum absolute atomic E-state index is 0.0527. The van der Waals surface area contributed by atoms with Gasteiger partial charge in [-0.1, -0.05) is 11.3 Å². The predicted molar refractivity (Wildman–Crippen MR) is 86.8 cm³/mol. The topological polar surface area (TPSA) is 82.8 Å². The molecule has 0 atom stereocenters. The monoisotopic (exact) mass is 370 g/mol. The number of amides is 1. The molecule has 1 aliphatic heterocycles. The molecule has 0 aliphatic carbocycles. The average molecular weight is 370 g/mol. The third-order valence-corrected chi connectivity index (χ3v) is 4.22. The van der Waals surface area contributed by atoms with Crippen LogP contribution < -0.4 is 10.2 Å². The standard InChI is InChI=1S/C14H13F3N6OS/c1-23-4-2-3-8-5-10(20-22-13-21-18-7-25-13)9(6-11(8)23)19-12(24)14(15,16)17/h5-7H,2-4H2,1H3,(H,19,24). The lowest BCUT2D eigenvalue weighted by molar-refractivity contribution is -0.167. The third kappa shape index (κ3) is 3.92. The molecule has 1 aromatic carbocycles. The Balaban J connectivity index is 2.00. The minimum atomic E-state index is -4.99. The lowest BCUT2D eigenvalue weighted by Crippen LogP contribution is -2.30. The summed E-state index contributed by atoms with van der Waals surface area (Å²) in [6.45, 7) is 0.783. The zero-order chi connectivity index (χ0) is 18.0. The third-order valence-electron chi connectivity index (χ3n) is 3.65. The van der Waals surface area contributed by atoms with Crippen molar-refractivity contribution >= 4 is 39.4 Å². The van der Waals surface area contributed by atoms with Crippen molar-refractivity contribution in [2.45, 2.75) is 19.0 Å². The van der Waals surface area contributed by atoms with Gasteiger partial charge in [-0.2, -0.15) is 13.2 Å². The summed E-state index contributed by atoms with van der Waals surface area (Å²) in [7, 11) is 1.84. The molecule has 1 aromatic heterocycles. The van der Waals surface area contributed by atoms with Gasteiger partial charge in [-0.05, 0) is 30.5 Å². The summed E-state index contributed by atoms with van der Waals surface area (Å²) in [5.74, 6) is -2.06. The SMILES string of the molecule is CN1CCCc2cc(N=Nc3nncs3)c(NC(=O)C(F)(F)F)cc21. The van der Waals surface area contributed by atoms with Gasteiger partial charge in [-0.25, -0.2) is 0 Å². The zero-order valence-corrected chi connectivity index (χ0v) is 13.9. The van der Waals surface area contributed by atoms with E-state index in [1.165, 1.54) is 11.6 Å². The first-order chi connectivity index (χ1) is 11.8. The van der Waals surface area contributed by atoms with Crippen LogP contribution in [-0.2, 0) is 11.2 Å². The second-order valence-corrected chi connectivity index (χ2v) is 6.21. The molecule has 3 rings (SSSR count). The number of hydrogen-bond donors (Lipinski definition) is 1. The van der Waals surface area contributed by atoms with Crippen molar-refractivity contribution in [1.29, 1.82) is 0 Å². The van der Waals surface area contributed by atoms with Gasteiger partial charge >= 0.3 is 12.1 Å². The van der Waals surface area contributed by atoms with Crippen LogP contribution in [0.5, 0.6) is 0 Å². The van der Waals surface area contributed by atoms with Crippen LogP contribution in [0.3, 0.4) is 0 Å². The first-order valence-electron chi connectivity index (χ1n) is 7.29. The Morgan fingerprint density at radius 3 is 2.84 bits per heavy atom.